The van der Waals surface area contributed by atoms with Crippen molar-refractivity contribution < 1.29 is 22.8 Å². The molecule has 1 fully saturated rings. The summed E-state index contributed by atoms with van der Waals surface area (Å²) in [5.74, 6) is 0.493. The molecule has 1 aliphatic heterocycles. The molecule has 0 aliphatic carbocycles. The third-order valence-corrected chi connectivity index (χ3v) is 4.31. The first-order valence-corrected chi connectivity index (χ1v) is 8.39. The highest BCUT2D eigenvalue weighted by atomic mass is 19.4. The minimum absolute atomic E-state index is 0.244. The van der Waals surface area contributed by atoms with Gasteiger partial charge in [-0.3, -0.25) is 10.1 Å². The zero-order valence-corrected chi connectivity index (χ0v) is 15.2. The number of benzene rings is 1. The normalized spacial score (nSPS) is 17.5. The molecule has 8 nitrogen and oxygen atoms in total. The molecule has 0 bridgehead atoms. The Bertz CT molecular complexity index is 875. The second kappa shape index (κ2) is 7.58. The van der Waals surface area contributed by atoms with Gasteiger partial charge in [0, 0.05) is 45.1 Å². The highest BCUT2D eigenvalue weighted by Crippen LogP contribution is 2.39. The molecule has 0 N–H and O–H groups in total. The standard InChI is InChI=1S/C17H18F3N5O3/c1-23(2)16-21-6-5-13(22-16)15-10-24(7-8-28-15)11-3-4-14(25(26)27)12(9-11)17(18,19)20/h3-6,9,15H,7-8,10H2,1-2H3. The molecule has 0 saturated carbocycles. The number of hydrogen-bond donors (Lipinski definition) is 0. The predicted molar refractivity (Wildman–Crippen MR) is 95.4 cm³/mol. The van der Waals surface area contributed by atoms with Crippen LogP contribution in [0.4, 0.5) is 30.5 Å². The van der Waals surface area contributed by atoms with Crippen LogP contribution >= 0.6 is 0 Å². The third kappa shape index (κ3) is 4.14. The average Bonchev–Trinajstić information content (AvgIpc) is 2.67. The molecule has 1 unspecified atom stereocenters. The van der Waals surface area contributed by atoms with E-state index >= 15 is 0 Å². The smallest absolute Gasteiger partial charge is 0.368 e. The van der Waals surface area contributed by atoms with Gasteiger partial charge < -0.3 is 14.5 Å². The van der Waals surface area contributed by atoms with Crippen molar-refractivity contribution in [2.75, 3.05) is 43.6 Å². The quantitative estimate of drug-likeness (QED) is 0.579. The van der Waals surface area contributed by atoms with Crippen molar-refractivity contribution >= 4 is 17.3 Å². The van der Waals surface area contributed by atoms with Crippen molar-refractivity contribution in [1.82, 2.24) is 9.97 Å². The molecule has 0 spiro atoms. The second-order valence-electron chi connectivity index (χ2n) is 6.44. The molecular weight excluding hydrogens is 379 g/mol. The van der Waals surface area contributed by atoms with E-state index < -0.39 is 28.5 Å². The Labute approximate surface area is 158 Å². The second-order valence-corrected chi connectivity index (χ2v) is 6.44. The Morgan fingerprint density at radius 1 is 1.32 bits per heavy atom. The van der Waals surface area contributed by atoms with Crippen molar-refractivity contribution in [3.8, 4) is 0 Å². The van der Waals surface area contributed by atoms with E-state index in [1.807, 2.05) is 0 Å². The Morgan fingerprint density at radius 2 is 2.07 bits per heavy atom. The van der Waals surface area contributed by atoms with Crippen molar-refractivity contribution in [2.45, 2.75) is 12.3 Å². The van der Waals surface area contributed by atoms with Gasteiger partial charge in [0.2, 0.25) is 5.95 Å². The number of rotatable bonds is 4. The molecular formula is C17H18F3N5O3. The van der Waals surface area contributed by atoms with Gasteiger partial charge >= 0.3 is 6.18 Å². The first kappa shape index (κ1) is 19.8. The minimum Gasteiger partial charge on any atom is -0.368 e. The van der Waals surface area contributed by atoms with Gasteiger partial charge in [0.05, 0.1) is 17.2 Å². The van der Waals surface area contributed by atoms with E-state index in [-0.39, 0.29) is 18.8 Å². The van der Waals surface area contributed by atoms with Gasteiger partial charge in [-0.05, 0) is 18.2 Å². The number of nitro benzene ring substituents is 1. The summed E-state index contributed by atoms with van der Waals surface area (Å²) in [4.78, 5) is 21.9. The van der Waals surface area contributed by atoms with Gasteiger partial charge in [0.15, 0.2) is 0 Å². The van der Waals surface area contributed by atoms with E-state index in [1.54, 1.807) is 36.2 Å². The lowest BCUT2D eigenvalue weighted by atomic mass is 10.1. The molecule has 1 saturated heterocycles. The summed E-state index contributed by atoms with van der Waals surface area (Å²) >= 11 is 0. The van der Waals surface area contributed by atoms with Crippen molar-refractivity contribution in [1.29, 1.82) is 0 Å². The monoisotopic (exact) mass is 397 g/mol. The zero-order chi connectivity index (χ0) is 20.5. The van der Waals surface area contributed by atoms with Crippen molar-refractivity contribution in [3.63, 3.8) is 0 Å². The van der Waals surface area contributed by atoms with Gasteiger partial charge in [-0.2, -0.15) is 13.2 Å². The molecule has 2 heterocycles. The lowest BCUT2D eigenvalue weighted by Crippen LogP contribution is -2.39. The molecule has 0 radical (unpaired) electrons. The zero-order valence-electron chi connectivity index (χ0n) is 15.2. The van der Waals surface area contributed by atoms with E-state index in [0.717, 1.165) is 12.1 Å². The summed E-state index contributed by atoms with van der Waals surface area (Å²) in [5, 5.41) is 10.9. The summed E-state index contributed by atoms with van der Waals surface area (Å²) in [7, 11) is 3.59. The molecule has 1 aromatic heterocycles. The number of halogens is 3. The van der Waals surface area contributed by atoms with E-state index in [1.165, 1.54) is 6.07 Å². The number of aromatic nitrogens is 2. The Kier molecular flexibility index (Phi) is 5.36. The maximum atomic E-state index is 13.2. The fraction of sp³-hybridized carbons (Fsp3) is 0.412. The lowest BCUT2D eigenvalue weighted by molar-refractivity contribution is -0.388. The first-order chi connectivity index (χ1) is 13.2. The molecule has 11 heteroatoms. The van der Waals surface area contributed by atoms with E-state index in [9.17, 15) is 23.3 Å². The summed E-state index contributed by atoms with van der Waals surface area (Å²) in [6.45, 7) is 0.903. The van der Waals surface area contributed by atoms with Crippen LogP contribution in [0.5, 0.6) is 0 Å². The van der Waals surface area contributed by atoms with E-state index in [4.69, 9.17) is 4.74 Å². The van der Waals surface area contributed by atoms with Crippen LogP contribution in [0.2, 0.25) is 0 Å². The SMILES string of the molecule is CN(C)c1nccc(C2CN(c3ccc([N+](=O)[O-])c(C(F)(F)F)c3)CCO2)n1. The van der Waals surface area contributed by atoms with Crippen LogP contribution in [-0.4, -0.2) is 48.7 Å². The number of ether oxygens (including phenoxy) is 1. The fourth-order valence-electron chi connectivity index (χ4n) is 2.93. The molecule has 2 aromatic rings. The van der Waals surface area contributed by atoms with Crippen LogP contribution < -0.4 is 9.80 Å². The maximum absolute atomic E-state index is 13.2. The number of hydrogen-bond acceptors (Lipinski definition) is 7. The Balaban J connectivity index is 1.88. The van der Waals surface area contributed by atoms with Gasteiger partial charge in [-0.25, -0.2) is 9.97 Å². The molecule has 1 aromatic carbocycles. The number of alkyl halides is 3. The van der Waals surface area contributed by atoms with Crippen LogP contribution in [-0.2, 0) is 10.9 Å². The maximum Gasteiger partial charge on any atom is 0.423 e. The van der Waals surface area contributed by atoms with Gasteiger partial charge in [-0.1, -0.05) is 0 Å². The highest BCUT2D eigenvalue weighted by molar-refractivity contribution is 5.57. The van der Waals surface area contributed by atoms with E-state index in [2.05, 4.69) is 9.97 Å². The van der Waals surface area contributed by atoms with Gasteiger partial charge in [0.1, 0.15) is 11.7 Å². The lowest BCUT2D eigenvalue weighted by Gasteiger charge is -2.34. The Morgan fingerprint density at radius 3 is 2.71 bits per heavy atom. The highest BCUT2D eigenvalue weighted by Gasteiger charge is 2.39. The number of anilines is 2. The predicted octanol–water partition coefficient (Wildman–Crippen LogP) is 3.05. The molecule has 150 valence electrons. The number of morpholine rings is 1. The summed E-state index contributed by atoms with van der Waals surface area (Å²) in [5.41, 5.74) is -1.38. The van der Waals surface area contributed by atoms with Crippen LogP contribution in [0.3, 0.4) is 0 Å². The number of nitrogens with zero attached hydrogens (tertiary/aromatic N) is 5. The largest absolute Gasteiger partial charge is 0.423 e. The molecule has 1 atom stereocenters. The fourth-order valence-corrected chi connectivity index (χ4v) is 2.93. The van der Waals surface area contributed by atoms with Crippen molar-refractivity contribution in [2.24, 2.45) is 0 Å². The topological polar surface area (TPSA) is 84.6 Å². The van der Waals surface area contributed by atoms with Crippen LogP contribution in [0.25, 0.3) is 0 Å². The summed E-state index contributed by atoms with van der Waals surface area (Å²) < 4.78 is 45.5. The van der Waals surface area contributed by atoms with E-state index in [0.29, 0.717) is 18.2 Å². The summed E-state index contributed by atoms with van der Waals surface area (Å²) in [6, 6.07) is 4.71. The summed E-state index contributed by atoms with van der Waals surface area (Å²) in [6.07, 6.45) is -3.69. The van der Waals surface area contributed by atoms with Crippen LogP contribution in [0.1, 0.15) is 17.4 Å². The molecule has 3 rings (SSSR count). The van der Waals surface area contributed by atoms with Gasteiger partial charge in [-0.15, -0.1) is 0 Å². The van der Waals surface area contributed by atoms with Crippen molar-refractivity contribution in [3.05, 3.63) is 51.8 Å². The first-order valence-electron chi connectivity index (χ1n) is 8.39. The minimum atomic E-state index is -4.82. The molecule has 0 amide bonds. The van der Waals surface area contributed by atoms with Gasteiger partial charge in [0.25, 0.3) is 5.69 Å². The Hall–Kier alpha value is -2.95. The molecule has 1 aliphatic rings. The third-order valence-electron chi connectivity index (χ3n) is 4.31. The van der Waals surface area contributed by atoms with Crippen LogP contribution in [0, 0.1) is 10.1 Å². The number of nitro groups is 1. The van der Waals surface area contributed by atoms with Crippen LogP contribution in [0.15, 0.2) is 30.5 Å². The molecule has 28 heavy (non-hydrogen) atoms. The average molecular weight is 397 g/mol.